The molecule has 0 aliphatic carbocycles. The molecule has 1 aromatic heterocycles. The Balaban J connectivity index is 2.15. The summed E-state index contributed by atoms with van der Waals surface area (Å²) >= 11 is 12.1. The second-order valence-electron chi connectivity index (χ2n) is 3.67. The van der Waals surface area contributed by atoms with E-state index in [0.29, 0.717) is 16.6 Å². The number of hydrogen-bond donors (Lipinski definition) is 1. The maximum absolute atomic E-state index is 6.05. The highest BCUT2D eigenvalue weighted by Gasteiger charge is 2.08. The zero-order valence-electron chi connectivity index (χ0n) is 9.54. The SMILES string of the molecule is Cc1nnc(CNc2c(Cl)cccc2Cl)n1C. The van der Waals surface area contributed by atoms with Crippen molar-refractivity contribution in [2.45, 2.75) is 13.5 Å². The maximum Gasteiger partial charge on any atom is 0.152 e. The standard InChI is InChI=1S/C11H12Cl2N4/c1-7-15-16-10(17(7)2)6-14-11-8(12)4-3-5-9(11)13/h3-5,14H,6H2,1-2H3. The Kier molecular flexibility index (Phi) is 3.54. The summed E-state index contributed by atoms with van der Waals surface area (Å²) in [6, 6.07) is 5.39. The first-order valence-electron chi connectivity index (χ1n) is 5.12. The number of aryl methyl sites for hydroxylation is 1. The van der Waals surface area contributed by atoms with E-state index < -0.39 is 0 Å². The van der Waals surface area contributed by atoms with Crippen molar-refractivity contribution >= 4 is 28.9 Å². The van der Waals surface area contributed by atoms with Crippen LogP contribution < -0.4 is 5.32 Å². The third kappa shape index (κ3) is 2.53. The van der Waals surface area contributed by atoms with Gasteiger partial charge in [0.15, 0.2) is 5.82 Å². The summed E-state index contributed by atoms with van der Waals surface area (Å²) < 4.78 is 1.91. The smallest absolute Gasteiger partial charge is 0.152 e. The van der Waals surface area contributed by atoms with Crippen LogP contribution in [0.15, 0.2) is 18.2 Å². The Bertz CT molecular complexity index is 516. The average molecular weight is 271 g/mol. The van der Waals surface area contributed by atoms with Crippen LogP contribution in [0, 0.1) is 6.92 Å². The number of nitrogens with one attached hydrogen (secondary N) is 1. The molecule has 4 nitrogen and oxygen atoms in total. The van der Waals surface area contributed by atoms with Gasteiger partial charge in [0.1, 0.15) is 5.82 Å². The van der Waals surface area contributed by atoms with Gasteiger partial charge in [-0.1, -0.05) is 29.3 Å². The van der Waals surface area contributed by atoms with Crippen LogP contribution in [0.3, 0.4) is 0 Å². The maximum atomic E-state index is 6.05. The van der Waals surface area contributed by atoms with Crippen molar-refractivity contribution in [3.63, 3.8) is 0 Å². The number of anilines is 1. The van der Waals surface area contributed by atoms with Crippen LogP contribution in [-0.4, -0.2) is 14.8 Å². The number of halogens is 2. The van der Waals surface area contributed by atoms with Crippen LogP contribution in [0.5, 0.6) is 0 Å². The van der Waals surface area contributed by atoms with E-state index in [0.717, 1.165) is 17.3 Å². The fourth-order valence-corrected chi connectivity index (χ4v) is 1.97. The summed E-state index contributed by atoms with van der Waals surface area (Å²) in [5, 5.41) is 12.4. The number of hydrogen-bond acceptors (Lipinski definition) is 3. The first-order chi connectivity index (χ1) is 8.09. The Morgan fingerprint density at radius 1 is 1.24 bits per heavy atom. The second kappa shape index (κ2) is 4.94. The third-order valence-electron chi connectivity index (χ3n) is 2.57. The van der Waals surface area contributed by atoms with Crippen molar-refractivity contribution in [3.8, 4) is 0 Å². The molecule has 1 heterocycles. The topological polar surface area (TPSA) is 42.7 Å². The molecule has 0 fully saturated rings. The molecule has 17 heavy (non-hydrogen) atoms. The van der Waals surface area contributed by atoms with Crippen molar-refractivity contribution in [3.05, 3.63) is 39.9 Å². The van der Waals surface area contributed by atoms with Crippen molar-refractivity contribution in [1.29, 1.82) is 0 Å². The summed E-state index contributed by atoms with van der Waals surface area (Å²) in [6.07, 6.45) is 0. The van der Waals surface area contributed by atoms with E-state index >= 15 is 0 Å². The molecule has 1 aromatic carbocycles. The molecular formula is C11H12Cl2N4. The van der Waals surface area contributed by atoms with Gasteiger partial charge in [-0.25, -0.2) is 0 Å². The van der Waals surface area contributed by atoms with Gasteiger partial charge in [0, 0.05) is 7.05 Å². The van der Waals surface area contributed by atoms with Gasteiger partial charge in [0.05, 0.1) is 22.3 Å². The minimum Gasteiger partial charge on any atom is -0.375 e. The zero-order chi connectivity index (χ0) is 12.4. The lowest BCUT2D eigenvalue weighted by molar-refractivity contribution is 0.789. The molecule has 0 radical (unpaired) electrons. The molecule has 0 aliphatic heterocycles. The molecule has 1 N–H and O–H groups in total. The summed E-state index contributed by atoms with van der Waals surface area (Å²) in [5.74, 6) is 1.70. The molecule has 0 amide bonds. The van der Waals surface area contributed by atoms with E-state index in [1.807, 2.05) is 24.6 Å². The highest BCUT2D eigenvalue weighted by Crippen LogP contribution is 2.29. The van der Waals surface area contributed by atoms with Crippen LogP contribution in [-0.2, 0) is 13.6 Å². The Morgan fingerprint density at radius 2 is 1.88 bits per heavy atom. The largest absolute Gasteiger partial charge is 0.375 e. The molecule has 90 valence electrons. The van der Waals surface area contributed by atoms with Gasteiger partial charge in [0.25, 0.3) is 0 Å². The lowest BCUT2D eigenvalue weighted by Gasteiger charge is -2.09. The monoisotopic (exact) mass is 270 g/mol. The summed E-state index contributed by atoms with van der Waals surface area (Å²) in [7, 11) is 1.92. The number of nitrogens with zero attached hydrogens (tertiary/aromatic N) is 3. The third-order valence-corrected chi connectivity index (χ3v) is 3.20. The summed E-state index contributed by atoms with van der Waals surface area (Å²) in [4.78, 5) is 0. The highest BCUT2D eigenvalue weighted by molar-refractivity contribution is 6.39. The van der Waals surface area contributed by atoms with Gasteiger partial charge in [-0.2, -0.15) is 0 Å². The van der Waals surface area contributed by atoms with Gasteiger partial charge in [-0.05, 0) is 19.1 Å². The van der Waals surface area contributed by atoms with Crippen LogP contribution in [0.4, 0.5) is 5.69 Å². The van der Waals surface area contributed by atoms with E-state index in [1.165, 1.54) is 0 Å². The molecule has 0 unspecified atom stereocenters. The predicted molar refractivity (Wildman–Crippen MR) is 69.5 cm³/mol. The van der Waals surface area contributed by atoms with Gasteiger partial charge >= 0.3 is 0 Å². The van der Waals surface area contributed by atoms with Crippen molar-refractivity contribution in [1.82, 2.24) is 14.8 Å². The minimum atomic E-state index is 0.529. The number of aromatic nitrogens is 3. The molecule has 0 bridgehead atoms. The Morgan fingerprint density at radius 3 is 2.41 bits per heavy atom. The number of para-hydroxylation sites is 1. The zero-order valence-corrected chi connectivity index (χ0v) is 11.0. The van der Waals surface area contributed by atoms with Crippen LogP contribution in [0.25, 0.3) is 0 Å². The predicted octanol–water partition coefficient (Wildman–Crippen LogP) is 3.04. The Labute approximate surface area is 110 Å². The van der Waals surface area contributed by atoms with Crippen LogP contribution in [0.2, 0.25) is 10.0 Å². The Hall–Kier alpha value is -1.26. The molecule has 2 aromatic rings. The first-order valence-corrected chi connectivity index (χ1v) is 5.88. The minimum absolute atomic E-state index is 0.529. The summed E-state index contributed by atoms with van der Waals surface area (Å²) in [5.41, 5.74) is 0.719. The first kappa shape index (κ1) is 12.2. The fourth-order valence-electron chi connectivity index (χ4n) is 1.44. The van der Waals surface area contributed by atoms with Crippen molar-refractivity contribution < 1.29 is 0 Å². The average Bonchev–Trinajstić information content (AvgIpc) is 2.60. The quantitative estimate of drug-likeness (QED) is 0.933. The molecule has 0 saturated heterocycles. The number of benzene rings is 1. The van der Waals surface area contributed by atoms with Crippen LogP contribution in [0.1, 0.15) is 11.6 Å². The van der Waals surface area contributed by atoms with Crippen LogP contribution >= 0.6 is 23.2 Å². The van der Waals surface area contributed by atoms with E-state index in [1.54, 1.807) is 12.1 Å². The second-order valence-corrected chi connectivity index (χ2v) is 4.49. The van der Waals surface area contributed by atoms with E-state index in [2.05, 4.69) is 15.5 Å². The van der Waals surface area contributed by atoms with Gasteiger partial charge < -0.3 is 9.88 Å². The lowest BCUT2D eigenvalue weighted by Crippen LogP contribution is -2.07. The normalized spacial score (nSPS) is 10.6. The molecule has 2 rings (SSSR count). The lowest BCUT2D eigenvalue weighted by atomic mass is 10.3. The molecule has 0 atom stereocenters. The molecule has 0 saturated carbocycles. The van der Waals surface area contributed by atoms with Gasteiger partial charge in [-0.15, -0.1) is 10.2 Å². The molecular weight excluding hydrogens is 259 g/mol. The van der Waals surface area contributed by atoms with Gasteiger partial charge in [-0.3, -0.25) is 0 Å². The van der Waals surface area contributed by atoms with Crippen molar-refractivity contribution in [2.24, 2.45) is 7.05 Å². The molecule has 6 heteroatoms. The molecule has 0 spiro atoms. The van der Waals surface area contributed by atoms with E-state index in [9.17, 15) is 0 Å². The van der Waals surface area contributed by atoms with E-state index in [4.69, 9.17) is 23.2 Å². The highest BCUT2D eigenvalue weighted by atomic mass is 35.5. The summed E-state index contributed by atoms with van der Waals surface area (Å²) in [6.45, 7) is 2.43. The fraction of sp³-hybridized carbons (Fsp3) is 0.273. The van der Waals surface area contributed by atoms with E-state index in [-0.39, 0.29) is 0 Å². The molecule has 0 aliphatic rings. The number of rotatable bonds is 3. The van der Waals surface area contributed by atoms with Gasteiger partial charge in [0.2, 0.25) is 0 Å². The van der Waals surface area contributed by atoms with Crippen molar-refractivity contribution in [2.75, 3.05) is 5.32 Å².